The highest BCUT2D eigenvalue weighted by atomic mass is 35.5. The summed E-state index contributed by atoms with van der Waals surface area (Å²) in [6.45, 7) is 1.47. The summed E-state index contributed by atoms with van der Waals surface area (Å²) in [5.74, 6) is -0.0315. The number of ketones is 1. The van der Waals surface area contributed by atoms with Crippen LogP contribution in [0.1, 0.15) is 18.1 Å². The number of rotatable bonds is 3. The van der Waals surface area contributed by atoms with Gasteiger partial charge in [-0.2, -0.15) is 5.26 Å². The number of carbonyl (C=O) groups excluding carboxylic acids is 1. The molecule has 3 heteroatoms. The molecule has 0 aromatic heterocycles. The molecule has 0 aliphatic carbocycles. The summed E-state index contributed by atoms with van der Waals surface area (Å²) in [6.07, 6.45) is 0.516. The van der Waals surface area contributed by atoms with Crippen molar-refractivity contribution in [2.45, 2.75) is 18.7 Å². The minimum Gasteiger partial charge on any atom is -0.298 e. The zero-order valence-corrected chi connectivity index (χ0v) is 8.58. The molecule has 0 heterocycles. The van der Waals surface area contributed by atoms with Crippen molar-refractivity contribution in [2.24, 2.45) is 0 Å². The van der Waals surface area contributed by atoms with Crippen LogP contribution >= 0.6 is 11.6 Å². The Bertz CT molecular complexity index is 364. The maximum Gasteiger partial charge on any atom is 0.147 e. The van der Waals surface area contributed by atoms with E-state index in [1.165, 1.54) is 6.92 Å². The smallest absolute Gasteiger partial charge is 0.147 e. The van der Waals surface area contributed by atoms with Crippen molar-refractivity contribution in [1.82, 2.24) is 0 Å². The number of Topliss-reactive ketones (excluding diaryl/α,β-unsaturated/α-hetero) is 1. The predicted octanol–water partition coefficient (Wildman–Crippen LogP) is 2.30. The van der Waals surface area contributed by atoms with Gasteiger partial charge in [-0.1, -0.05) is 12.1 Å². The Balaban J connectivity index is 2.70. The van der Waals surface area contributed by atoms with Crippen LogP contribution in [0.5, 0.6) is 0 Å². The number of alkyl halides is 1. The van der Waals surface area contributed by atoms with Gasteiger partial charge in [0.15, 0.2) is 0 Å². The van der Waals surface area contributed by atoms with E-state index in [9.17, 15) is 4.79 Å². The Hall–Kier alpha value is -1.33. The molecule has 72 valence electrons. The third-order valence-corrected chi connectivity index (χ3v) is 2.40. The van der Waals surface area contributed by atoms with Gasteiger partial charge in [0.2, 0.25) is 0 Å². The van der Waals surface area contributed by atoms with Crippen molar-refractivity contribution >= 4 is 17.4 Å². The van der Waals surface area contributed by atoms with Gasteiger partial charge in [0.05, 0.1) is 17.0 Å². The molecular formula is C11H10ClNO. The number of benzene rings is 1. The molecule has 1 unspecified atom stereocenters. The lowest BCUT2D eigenvalue weighted by Crippen LogP contribution is -2.13. The molecule has 1 rings (SSSR count). The van der Waals surface area contributed by atoms with E-state index in [1.54, 1.807) is 12.1 Å². The van der Waals surface area contributed by atoms with Crippen LogP contribution in [-0.4, -0.2) is 11.2 Å². The fraction of sp³-hybridized carbons (Fsp3) is 0.273. The second-order valence-corrected chi connectivity index (χ2v) is 3.62. The van der Waals surface area contributed by atoms with Gasteiger partial charge in [0.1, 0.15) is 5.78 Å². The molecule has 0 aliphatic rings. The molecule has 0 bridgehead atoms. The molecule has 0 spiro atoms. The van der Waals surface area contributed by atoms with Gasteiger partial charge in [0.25, 0.3) is 0 Å². The SMILES string of the molecule is CC(=O)C(Cl)Cc1ccc(C#N)cc1. The molecule has 0 amide bonds. The molecule has 0 fully saturated rings. The summed E-state index contributed by atoms with van der Waals surface area (Å²) in [5, 5.41) is 8.10. The van der Waals surface area contributed by atoms with Crippen molar-refractivity contribution in [3.63, 3.8) is 0 Å². The Kier molecular flexibility index (Phi) is 3.67. The first-order valence-corrected chi connectivity index (χ1v) is 4.70. The third-order valence-electron chi connectivity index (χ3n) is 1.94. The number of hydrogen-bond acceptors (Lipinski definition) is 2. The molecule has 1 aromatic carbocycles. The Labute approximate surface area is 88.1 Å². The normalized spacial score (nSPS) is 11.8. The first kappa shape index (κ1) is 10.7. The molecular weight excluding hydrogens is 198 g/mol. The molecule has 0 N–H and O–H groups in total. The molecule has 0 aliphatic heterocycles. The van der Waals surface area contributed by atoms with E-state index in [1.807, 2.05) is 18.2 Å². The highest BCUT2D eigenvalue weighted by Gasteiger charge is 2.10. The molecule has 1 atom stereocenters. The predicted molar refractivity (Wildman–Crippen MR) is 55.2 cm³/mol. The zero-order valence-electron chi connectivity index (χ0n) is 7.83. The molecule has 0 saturated heterocycles. The average Bonchev–Trinajstić information content (AvgIpc) is 2.19. The van der Waals surface area contributed by atoms with Crippen LogP contribution in [-0.2, 0) is 11.2 Å². The maximum absolute atomic E-state index is 10.9. The first-order valence-electron chi connectivity index (χ1n) is 4.27. The highest BCUT2D eigenvalue weighted by molar-refractivity contribution is 6.30. The monoisotopic (exact) mass is 207 g/mol. The second kappa shape index (κ2) is 4.78. The quantitative estimate of drug-likeness (QED) is 0.714. The lowest BCUT2D eigenvalue weighted by Gasteiger charge is -2.04. The highest BCUT2D eigenvalue weighted by Crippen LogP contribution is 2.10. The summed E-state index contributed by atoms with van der Waals surface area (Å²) in [5.41, 5.74) is 1.59. The lowest BCUT2D eigenvalue weighted by molar-refractivity contribution is -0.116. The molecule has 14 heavy (non-hydrogen) atoms. The largest absolute Gasteiger partial charge is 0.298 e. The van der Waals surface area contributed by atoms with Crippen LogP contribution in [0.15, 0.2) is 24.3 Å². The Morgan fingerprint density at radius 2 is 2.07 bits per heavy atom. The minimum absolute atomic E-state index is 0.0315. The summed E-state index contributed by atoms with van der Waals surface area (Å²) in [7, 11) is 0. The van der Waals surface area contributed by atoms with E-state index in [0.717, 1.165) is 5.56 Å². The van der Waals surface area contributed by atoms with Crippen molar-refractivity contribution in [2.75, 3.05) is 0 Å². The van der Waals surface area contributed by atoms with Crippen molar-refractivity contribution in [1.29, 1.82) is 5.26 Å². The standard InChI is InChI=1S/C11H10ClNO/c1-8(14)11(12)6-9-2-4-10(7-13)5-3-9/h2-5,11H,6H2,1H3. The fourth-order valence-electron chi connectivity index (χ4n) is 1.07. The van der Waals surface area contributed by atoms with Crippen molar-refractivity contribution in [3.8, 4) is 6.07 Å². The Morgan fingerprint density at radius 3 is 2.50 bits per heavy atom. The lowest BCUT2D eigenvalue weighted by atomic mass is 10.1. The summed E-state index contributed by atoms with van der Waals surface area (Å²) in [4.78, 5) is 10.9. The molecule has 0 radical (unpaired) electrons. The Morgan fingerprint density at radius 1 is 1.50 bits per heavy atom. The van der Waals surface area contributed by atoms with Gasteiger partial charge in [-0.3, -0.25) is 4.79 Å². The van der Waals surface area contributed by atoms with Gasteiger partial charge in [0, 0.05) is 0 Å². The van der Waals surface area contributed by atoms with Crippen molar-refractivity contribution in [3.05, 3.63) is 35.4 Å². The van der Waals surface area contributed by atoms with Gasteiger partial charge >= 0.3 is 0 Å². The van der Waals surface area contributed by atoms with Crippen LogP contribution < -0.4 is 0 Å². The topological polar surface area (TPSA) is 40.9 Å². The van der Waals surface area contributed by atoms with Gasteiger partial charge in [-0.15, -0.1) is 11.6 Å². The molecule has 2 nitrogen and oxygen atoms in total. The number of halogens is 1. The number of nitriles is 1. The van der Waals surface area contributed by atoms with E-state index >= 15 is 0 Å². The first-order chi connectivity index (χ1) is 6.63. The van der Waals surface area contributed by atoms with E-state index in [2.05, 4.69) is 0 Å². The number of nitrogens with zero attached hydrogens (tertiary/aromatic N) is 1. The maximum atomic E-state index is 10.9. The second-order valence-electron chi connectivity index (χ2n) is 3.09. The number of carbonyl (C=O) groups is 1. The summed E-state index contributed by atoms with van der Waals surface area (Å²) < 4.78 is 0. The third kappa shape index (κ3) is 2.86. The van der Waals surface area contributed by atoms with Crippen LogP contribution in [0.4, 0.5) is 0 Å². The molecule has 1 aromatic rings. The van der Waals surface area contributed by atoms with E-state index in [0.29, 0.717) is 12.0 Å². The summed E-state index contributed by atoms with van der Waals surface area (Å²) in [6, 6.07) is 9.11. The fourth-order valence-corrected chi connectivity index (χ4v) is 1.24. The number of hydrogen-bond donors (Lipinski definition) is 0. The van der Waals surface area contributed by atoms with Gasteiger partial charge < -0.3 is 0 Å². The van der Waals surface area contributed by atoms with Crippen LogP contribution in [0.3, 0.4) is 0 Å². The van der Waals surface area contributed by atoms with Gasteiger partial charge in [-0.05, 0) is 31.0 Å². The average molecular weight is 208 g/mol. The van der Waals surface area contributed by atoms with E-state index < -0.39 is 5.38 Å². The van der Waals surface area contributed by atoms with E-state index in [4.69, 9.17) is 16.9 Å². The van der Waals surface area contributed by atoms with E-state index in [-0.39, 0.29) is 5.78 Å². The summed E-state index contributed by atoms with van der Waals surface area (Å²) >= 11 is 5.81. The molecule has 0 saturated carbocycles. The van der Waals surface area contributed by atoms with Crippen LogP contribution in [0.25, 0.3) is 0 Å². The zero-order chi connectivity index (χ0) is 10.6. The van der Waals surface area contributed by atoms with Crippen molar-refractivity contribution < 1.29 is 4.79 Å². The van der Waals surface area contributed by atoms with Crippen LogP contribution in [0, 0.1) is 11.3 Å². The van der Waals surface area contributed by atoms with Gasteiger partial charge in [-0.25, -0.2) is 0 Å². The van der Waals surface area contributed by atoms with Crippen LogP contribution in [0.2, 0.25) is 0 Å². The minimum atomic E-state index is -0.470.